The van der Waals surface area contributed by atoms with Gasteiger partial charge in [-0.05, 0) is 79.1 Å². The third-order valence-electron chi connectivity index (χ3n) is 3.86. The second-order valence-corrected chi connectivity index (χ2v) is 7.24. The summed E-state index contributed by atoms with van der Waals surface area (Å²) in [5.74, 6) is 0.591. The molecule has 0 fully saturated rings. The number of amides is 1. The minimum atomic E-state index is -0.287. The molecular formula is C20H21N5O2S2. The monoisotopic (exact) mass is 427 g/mol. The van der Waals surface area contributed by atoms with Gasteiger partial charge >= 0.3 is 0 Å². The van der Waals surface area contributed by atoms with Gasteiger partial charge in [0.25, 0.3) is 5.91 Å². The molecule has 3 N–H and O–H groups in total. The molecule has 1 amide bonds. The van der Waals surface area contributed by atoms with Crippen LogP contribution in [0.1, 0.15) is 22.5 Å². The second kappa shape index (κ2) is 10.5. The van der Waals surface area contributed by atoms with Crippen molar-refractivity contribution < 1.29 is 9.53 Å². The van der Waals surface area contributed by atoms with Gasteiger partial charge in [0, 0.05) is 23.3 Å². The van der Waals surface area contributed by atoms with Gasteiger partial charge in [-0.1, -0.05) is 16.6 Å². The lowest BCUT2D eigenvalue weighted by molar-refractivity contribution is 0.102. The van der Waals surface area contributed by atoms with Crippen molar-refractivity contribution in [2.75, 3.05) is 23.8 Å². The number of carbonyl (C=O) groups is 1. The van der Waals surface area contributed by atoms with Gasteiger partial charge < -0.3 is 20.7 Å². The van der Waals surface area contributed by atoms with E-state index in [-0.39, 0.29) is 5.91 Å². The summed E-state index contributed by atoms with van der Waals surface area (Å²) in [7, 11) is 0. The number of ether oxygens (including phenoxy) is 1. The zero-order chi connectivity index (χ0) is 20.5. The van der Waals surface area contributed by atoms with Gasteiger partial charge in [0.1, 0.15) is 5.75 Å². The van der Waals surface area contributed by atoms with Crippen molar-refractivity contribution in [3.63, 3.8) is 0 Å². The standard InChI is InChI=1S/C20H21N5O2S2/c1-14-4-2-5-17(12-14)27-11-3-10-21-20(28)23-16-8-6-15(7-9-16)22-19(26)18-13-29-25-24-18/h2,4-9,12-13H,3,10-11H2,1H3,(H,22,26)(H2,21,23,28). The Morgan fingerprint density at radius 3 is 2.59 bits per heavy atom. The van der Waals surface area contributed by atoms with E-state index in [1.54, 1.807) is 17.5 Å². The molecule has 0 aliphatic carbocycles. The molecule has 29 heavy (non-hydrogen) atoms. The highest BCUT2D eigenvalue weighted by Gasteiger charge is 2.08. The van der Waals surface area contributed by atoms with Gasteiger partial charge in [0.05, 0.1) is 6.61 Å². The van der Waals surface area contributed by atoms with E-state index in [4.69, 9.17) is 17.0 Å². The number of aromatic nitrogens is 2. The molecule has 0 aliphatic rings. The molecule has 0 aliphatic heterocycles. The van der Waals surface area contributed by atoms with Crippen LogP contribution < -0.4 is 20.7 Å². The van der Waals surface area contributed by atoms with Crippen molar-refractivity contribution in [3.8, 4) is 5.75 Å². The summed E-state index contributed by atoms with van der Waals surface area (Å²) in [5, 5.41) is 14.9. The van der Waals surface area contributed by atoms with Gasteiger partial charge in [0.2, 0.25) is 0 Å². The third kappa shape index (κ3) is 6.81. The number of nitrogens with zero attached hydrogens (tertiary/aromatic N) is 2. The summed E-state index contributed by atoms with van der Waals surface area (Å²) >= 11 is 6.44. The van der Waals surface area contributed by atoms with Gasteiger partial charge in [0.15, 0.2) is 10.8 Å². The molecule has 9 heteroatoms. The van der Waals surface area contributed by atoms with Crippen LogP contribution in [0.4, 0.5) is 11.4 Å². The van der Waals surface area contributed by atoms with Crippen LogP contribution in [-0.4, -0.2) is 33.8 Å². The molecule has 3 aromatic rings. The maximum atomic E-state index is 12.0. The zero-order valence-corrected chi connectivity index (χ0v) is 17.5. The number of anilines is 2. The zero-order valence-electron chi connectivity index (χ0n) is 15.8. The number of rotatable bonds is 8. The van der Waals surface area contributed by atoms with Crippen molar-refractivity contribution in [3.05, 3.63) is 65.2 Å². The molecule has 2 aromatic carbocycles. The lowest BCUT2D eigenvalue weighted by Gasteiger charge is -2.12. The molecule has 0 radical (unpaired) electrons. The molecule has 0 unspecified atom stereocenters. The number of carbonyl (C=O) groups excluding carboxylic acids is 1. The fourth-order valence-corrected chi connectivity index (χ4v) is 3.10. The Balaban J connectivity index is 1.35. The van der Waals surface area contributed by atoms with E-state index in [9.17, 15) is 4.79 Å². The maximum absolute atomic E-state index is 12.0. The minimum Gasteiger partial charge on any atom is -0.494 e. The van der Waals surface area contributed by atoms with Crippen molar-refractivity contribution in [2.45, 2.75) is 13.3 Å². The van der Waals surface area contributed by atoms with Crippen molar-refractivity contribution >= 4 is 46.1 Å². The Labute approximate surface area is 178 Å². The van der Waals surface area contributed by atoms with Gasteiger partial charge in [-0.15, -0.1) is 5.10 Å². The van der Waals surface area contributed by atoms with E-state index in [0.717, 1.165) is 29.4 Å². The van der Waals surface area contributed by atoms with Crippen molar-refractivity contribution in [1.82, 2.24) is 14.9 Å². The molecule has 1 aromatic heterocycles. The molecule has 3 rings (SSSR count). The number of hydrogen-bond acceptors (Lipinski definition) is 6. The highest BCUT2D eigenvalue weighted by atomic mass is 32.1. The van der Waals surface area contributed by atoms with E-state index in [2.05, 4.69) is 25.5 Å². The smallest absolute Gasteiger partial charge is 0.277 e. The molecule has 0 saturated carbocycles. The Hall–Kier alpha value is -3.04. The Morgan fingerprint density at radius 1 is 1.14 bits per heavy atom. The molecule has 0 saturated heterocycles. The number of nitrogens with one attached hydrogen (secondary N) is 3. The van der Waals surface area contributed by atoms with Crippen LogP contribution in [0.25, 0.3) is 0 Å². The SMILES string of the molecule is Cc1cccc(OCCCNC(=S)Nc2ccc(NC(=O)c3csnn3)cc2)c1. The van der Waals surface area contributed by atoms with Crippen LogP contribution in [0, 0.1) is 6.92 Å². The summed E-state index contributed by atoms with van der Waals surface area (Å²) in [4.78, 5) is 12.0. The first-order valence-electron chi connectivity index (χ1n) is 9.03. The first-order valence-corrected chi connectivity index (χ1v) is 10.3. The molecular weight excluding hydrogens is 406 g/mol. The van der Waals surface area contributed by atoms with E-state index in [0.29, 0.717) is 29.6 Å². The molecule has 0 bridgehead atoms. The maximum Gasteiger partial charge on any atom is 0.277 e. The van der Waals surface area contributed by atoms with Gasteiger partial charge in [-0.2, -0.15) is 0 Å². The highest BCUT2D eigenvalue weighted by molar-refractivity contribution is 7.80. The number of benzene rings is 2. The lowest BCUT2D eigenvalue weighted by atomic mass is 10.2. The summed E-state index contributed by atoms with van der Waals surface area (Å²) in [6, 6.07) is 15.2. The fourth-order valence-electron chi connectivity index (χ4n) is 2.44. The van der Waals surface area contributed by atoms with E-state index in [1.165, 1.54) is 5.56 Å². The highest BCUT2D eigenvalue weighted by Crippen LogP contribution is 2.15. The predicted octanol–water partition coefficient (Wildman–Crippen LogP) is 3.85. The first kappa shape index (κ1) is 20.7. The van der Waals surface area contributed by atoms with Crippen LogP contribution in [-0.2, 0) is 0 Å². The van der Waals surface area contributed by atoms with Crippen LogP contribution in [0.3, 0.4) is 0 Å². The topological polar surface area (TPSA) is 88.2 Å². The van der Waals surface area contributed by atoms with E-state index < -0.39 is 0 Å². The Kier molecular flexibility index (Phi) is 7.48. The largest absolute Gasteiger partial charge is 0.494 e. The second-order valence-electron chi connectivity index (χ2n) is 6.22. The molecule has 7 nitrogen and oxygen atoms in total. The third-order valence-corrected chi connectivity index (χ3v) is 4.61. The Bertz CT molecular complexity index is 946. The quantitative estimate of drug-likeness (QED) is 0.372. The average molecular weight is 428 g/mol. The number of thiocarbonyl (C=S) groups is 1. The molecule has 0 spiro atoms. The Morgan fingerprint density at radius 2 is 1.90 bits per heavy atom. The minimum absolute atomic E-state index is 0.287. The van der Waals surface area contributed by atoms with Gasteiger partial charge in [-0.3, -0.25) is 4.79 Å². The molecule has 0 atom stereocenters. The van der Waals surface area contributed by atoms with Crippen LogP contribution in [0.15, 0.2) is 53.9 Å². The molecule has 1 heterocycles. The van der Waals surface area contributed by atoms with E-state index in [1.807, 2.05) is 43.3 Å². The summed E-state index contributed by atoms with van der Waals surface area (Å²) in [6.45, 7) is 3.35. The predicted molar refractivity (Wildman–Crippen MR) is 120 cm³/mol. The van der Waals surface area contributed by atoms with Crippen molar-refractivity contribution in [2.24, 2.45) is 0 Å². The van der Waals surface area contributed by atoms with Crippen molar-refractivity contribution in [1.29, 1.82) is 0 Å². The summed E-state index contributed by atoms with van der Waals surface area (Å²) in [5.41, 5.74) is 2.97. The fraction of sp³-hybridized carbons (Fsp3) is 0.200. The van der Waals surface area contributed by atoms with Gasteiger partial charge in [-0.25, -0.2) is 0 Å². The van der Waals surface area contributed by atoms with Crippen LogP contribution in [0.5, 0.6) is 5.75 Å². The first-order chi connectivity index (χ1) is 14.1. The lowest BCUT2D eigenvalue weighted by Crippen LogP contribution is -2.30. The van der Waals surface area contributed by atoms with Crippen LogP contribution in [0.2, 0.25) is 0 Å². The summed E-state index contributed by atoms with van der Waals surface area (Å²) < 4.78 is 9.39. The molecule has 150 valence electrons. The summed E-state index contributed by atoms with van der Waals surface area (Å²) in [6.07, 6.45) is 0.826. The number of aryl methyl sites for hydroxylation is 1. The van der Waals surface area contributed by atoms with E-state index >= 15 is 0 Å². The average Bonchev–Trinajstić information content (AvgIpc) is 3.24. The number of hydrogen-bond donors (Lipinski definition) is 3. The van der Waals surface area contributed by atoms with Crippen LogP contribution >= 0.6 is 23.8 Å². The normalized spacial score (nSPS) is 10.2.